The number of hydrogen-bond donors (Lipinski definition) is 0. The molecule has 4 nitrogen and oxygen atoms in total. The summed E-state index contributed by atoms with van der Waals surface area (Å²) in [4.78, 5) is 0. The van der Waals surface area contributed by atoms with Gasteiger partial charge in [-0.3, -0.25) is 0 Å². The van der Waals surface area contributed by atoms with E-state index in [0.717, 1.165) is 35.5 Å². The van der Waals surface area contributed by atoms with Crippen molar-refractivity contribution in [3.8, 4) is 22.6 Å². The van der Waals surface area contributed by atoms with Crippen molar-refractivity contribution in [2.75, 3.05) is 27.8 Å². The number of benzene rings is 2. The third-order valence-electron chi connectivity index (χ3n) is 4.22. The van der Waals surface area contributed by atoms with Crippen LogP contribution in [0, 0.1) is 0 Å². The van der Waals surface area contributed by atoms with E-state index in [1.54, 1.807) is 14.2 Å². The van der Waals surface area contributed by atoms with Crippen LogP contribution in [0.4, 0.5) is 0 Å². The van der Waals surface area contributed by atoms with Crippen molar-refractivity contribution in [1.82, 2.24) is 0 Å². The van der Waals surface area contributed by atoms with Crippen LogP contribution in [0.2, 0.25) is 0 Å². The number of rotatable bonds is 11. The molecule has 150 valence electrons. The van der Waals surface area contributed by atoms with Gasteiger partial charge in [-0.1, -0.05) is 36.4 Å². The highest BCUT2D eigenvalue weighted by atomic mass is 16.7. The molecule has 4 heteroatoms. The van der Waals surface area contributed by atoms with Crippen LogP contribution in [0.3, 0.4) is 0 Å². The predicted molar refractivity (Wildman–Crippen MR) is 114 cm³/mol. The van der Waals surface area contributed by atoms with Crippen molar-refractivity contribution in [2.24, 2.45) is 0 Å². The van der Waals surface area contributed by atoms with E-state index in [9.17, 15) is 0 Å². The summed E-state index contributed by atoms with van der Waals surface area (Å²) in [6.45, 7) is 4.43. The average molecular weight is 383 g/mol. The number of ether oxygens (including phenoxy) is 4. The third kappa shape index (κ3) is 6.25. The Bertz CT molecular complexity index is 726. The molecular formula is C24H30O4. The monoisotopic (exact) mass is 382 g/mol. The molecule has 0 amide bonds. The molecule has 0 heterocycles. The van der Waals surface area contributed by atoms with Gasteiger partial charge in [-0.05, 0) is 62.1 Å². The quantitative estimate of drug-likeness (QED) is 0.377. The van der Waals surface area contributed by atoms with Crippen molar-refractivity contribution in [3.05, 3.63) is 71.8 Å². The zero-order valence-corrected chi connectivity index (χ0v) is 17.2. The molecule has 0 bridgehead atoms. The maximum Gasteiger partial charge on any atom is 0.188 e. The van der Waals surface area contributed by atoms with Gasteiger partial charge in [0.1, 0.15) is 11.5 Å². The van der Waals surface area contributed by atoms with Crippen LogP contribution in [-0.2, 0) is 22.3 Å². The second-order valence-electron chi connectivity index (χ2n) is 6.31. The Hall–Kier alpha value is -2.56. The SMILES string of the molecule is CC=CCc1ccc(OCOC)c(-c2cc(CC=CC)ccc2OCOC)c1. The molecule has 2 aromatic carbocycles. The van der Waals surface area contributed by atoms with Crippen LogP contribution in [0.25, 0.3) is 11.1 Å². The fraction of sp³-hybridized carbons (Fsp3) is 0.333. The lowest BCUT2D eigenvalue weighted by molar-refractivity contribution is 0.0500. The zero-order valence-electron chi connectivity index (χ0n) is 17.2. The Labute approximate surface area is 168 Å². The molecule has 0 saturated heterocycles. The molecule has 0 aromatic heterocycles. The lowest BCUT2D eigenvalue weighted by Crippen LogP contribution is -2.03. The largest absolute Gasteiger partial charge is 0.467 e. The van der Waals surface area contributed by atoms with E-state index in [4.69, 9.17) is 18.9 Å². The van der Waals surface area contributed by atoms with Gasteiger partial charge in [0.2, 0.25) is 0 Å². The summed E-state index contributed by atoms with van der Waals surface area (Å²) in [6.07, 6.45) is 10.1. The molecule has 0 aliphatic carbocycles. The fourth-order valence-corrected chi connectivity index (χ4v) is 2.83. The average Bonchev–Trinajstić information content (AvgIpc) is 2.73. The van der Waals surface area contributed by atoms with E-state index in [1.165, 1.54) is 11.1 Å². The summed E-state index contributed by atoms with van der Waals surface area (Å²) < 4.78 is 21.9. The van der Waals surface area contributed by atoms with Crippen LogP contribution < -0.4 is 9.47 Å². The van der Waals surface area contributed by atoms with E-state index in [2.05, 4.69) is 48.6 Å². The molecule has 2 rings (SSSR count). The molecule has 2 aromatic rings. The van der Waals surface area contributed by atoms with Gasteiger partial charge >= 0.3 is 0 Å². The summed E-state index contributed by atoms with van der Waals surface area (Å²) in [5, 5.41) is 0. The van der Waals surface area contributed by atoms with Crippen molar-refractivity contribution in [3.63, 3.8) is 0 Å². The maximum atomic E-state index is 5.84. The van der Waals surface area contributed by atoms with Gasteiger partial charge in [-0.15, -0.1) is 0 Å². The Morgan fingerprint density at radius 1 is 0.679 bits per heavy atom. The van der Waals surface area contributed by atoms with Crippen molar-refractivity contribution >= 4 is 0 Å². The summed E-state index contributed by atoms with van der Waals surface area (Å²) in [5.74, 6) is 1.52. The summed E-state index contributed by atoms with van der Waals surface area (Å²) in [7, 11) is 3.23. The van der Waals surface area contributed by atoms with Gasteiger partial charge in [0, 0.05) is 25.3 Å². The Balaban J connectivity index is 2.55. The van der Waals surface area contributed by atoms with E-state index in [0.29, 0.717) is 0 Å². The standard InChI is InChI=1S/C24H30O4/c1-5-7-9-19-11-13-23(27-17-25-3)21(15-19)22-16-20(10-8-6-2)12-14-24(22)28-18-26-4/h5-8,11-16H,9-10,17-18H2,1-4H3. The molecule has 0 fully saturated rings. The lowest BCUT2D eigenvalue weighted by atomic mass is 9.97. The smallest absolute Gasteiger partial charge is 0.188 e. The third-order valence-corrected chi connectivity index (χ3v) is 4.22. The van der Waals surface area contributed by atoms with Gasteiger partial charge in [0.15, 0.2) is 13.6 Å². The first kappa shape index (κ1) is 21.7. The first-order chi connectivity index (χ1) is 13.7. The summed E-state index contributed by atoms with van der Waals surface area (Å²) >= 11 is 0. The van der Waals surface area contributed by atoms with E-state index >= 15 is 0 Å². The second kappa shape index (κ2) is 12.0. The number of allylic oxidation sites excluding steroid dienone is 4. The maximum absolute atomic E-state index is 5.84. The molecule has 28 heavy (non-hydrogen) atoms. The van der Waals surface area contributed by atoms with Crippen molar-refractivity contribution in [1.29, 1.82) is 0 Å². The van der Waals surface area contributed by atoms with E-state index in [-0.39, 0.29) is 13.6 Å². The molecule has 0 radical (unpaired) electrons. The van der Waals surface area contributed by atoms with E-state index < -0.39 is 0 Å². The normalized spacial score (nSPS) is 11.4. The van der Waals surface area contributed by atoms with Crippen LogP contribution in [0.15, 0.2) is 60.7 Å². The molecule has 0 aliphatic heterocycles. The minimum absolute atomic E-state index is 0.188. The molecular weight excluding hydrogens is 352 g/mol. The highest BCUT2D eigenvalue weighted by Gasteiger charge is 2.14. The summed E-state index contributed by atoms with van der Waals surface area (Å²) in [5.41, 5.74) is 4.36. The van der Waals surface area contributed by atoms with Gasteiger partial charge in [-0.25, -0.2) is 0 Å². The molecule has 0 aliphatic rings. The van der Waals surface area contributed by atoms with Crippen LogP contribution in [0.5, 0.6) is 11.5 Å². The molecule has 0 unspecified atom stereocenters. The van der Waals surface area contributed by atoms with Gasteiger partial charge < -0.3 is 18.9 Å². The van der Waals surface area contributed by atoms with Gasteiger partial charge in [0.25, 0.3) is 0 Å². The molecule has 0 N–H and O–H groups in total. The highest BCUT2D eigenvalue weighted by Crippen LogP contribution is 2.38. The number of methoxy groups -OCH3 is 2. The number of hydrogen-bond acceptors (Lipinski definition) is 4. The van der Waals surface area contributed by atoms with Gasteiger partial charge in [0.05, 0.1) is 0 Å². The molecule has 0 atom stereocenters. The van der Waals surface area contributed by atoms with Crippen molar-refractivity contribution < 1.29 is 18.9 Å². The summed E-state index contributed by atoms with van der Waals surface area (Å²) in [6, 6.07) is 12.4. The Morgan fingerprint density at radius 3 is 1.46 bits per heavy atom. The first-order valence-electron chi connectivity index (χ1n) is 9.45. The second-order valence-corrected chi connectivity index (χ2v) is 6.31. The minimum Gasteiger partial charge on any atom is -0.467 e. The topological polar surface area (TPSA) is 36.9 Å². The molecule has 0 saturated carbocycles. The van der Waals surface area contributed by atoms with Crippen LogP contribution >= 0.6 is 0 Å². The minimum atomic E-state index is 0.188. The Kier molecular flexibility index (Phi) is 9.32. The zero-order chi connectivity index (χ0) is 20.2. The highest BCUT2D eigenvalue weighted by molar-refractivity contribution is 5.77. The first-order valence-corrected chi connectivity index (χ1v) is 9.45. The Morgan fingerprint density at radius 2 is 1.11 bits per heavy atom. The molecule has 0 spiro atoms. The van der Waals surface area contributed by atoms with Gasteiger partial charge in [-0.2, -0.15) is 0 Å². The lowest BCUT2D eigenvalue weighted by Gasteiger charge is -2.17. The van der Waals surface area contributed by atoms with Crippen LogP contribution in [0.1, 0.15) is 25.0 Å². The van der Waals surface area contributed by atoms with Crippen LogP contribution in [-0.4, -0.2) is 27.8 Å². The predicted octanol–water partition coefficient (Wildman–Crippen LogP) is 5.56. The fourth-order valence-electron chi connectivity index (χ4n) is 2.83. The van der Waals surface area contributed by atoms with E-state index in [1.807, 2.05) is 26.0 Å². The van der Waals surface area contributed by atoms with Crippen molar-refractivity contribution in [2.45, 2.75) is 26.7 Å².